The van der Waals surface area contributed by atoms with Crippen molar-refractivity contribution in [3.63, 3.8) is 0 Å². The average molecular weight is 361 g/mol. The first-order valence-electron chi connectivity index (χ1n) is 9.30. The summed E-state index contributed by atoms with van der Waals surface area (Å²) in [5.74, 6) is 0.848. The maximum absolute atomic E-state index is 12.4. The molecule has 4 aliphatic rings. The molecule has 1 aromatic rings. The number of hydrogen-bond acceptors (Lipinski definition) is 5. The van der Waals surface area contributed by atoms with Crippen molar-refractivity contribution < 1.29 is 19.6 Å². The Morgan fingerprint density at radius 2 is 2.12 bits per heavy atom. The first-order chi connectivity index (χ1) is 12.5. The number of carbonyl (C=O) groups excluding carboxylic acids is 2. The number of carbonyl (C=O) groups is 2. The van der Waals surface area contributed by atoms with Crippen molar-refractivity contribution in [2.75, 3.05) is 6.54 Å². The number of amides is 3. The summed E-state index contributed by atoms with van der Waals surface area (Å²) >= 11 is 0. The van der Waals surface area contributed by atoms with E-state index in [1.54, 1.807) is 0 Å². The fourth-order valence-electron chi connectivity index (χ4n) is 5.31. The van der Waals surface area contributed by atoms with E-state index in [0.717, 1.165) is 10.8 Å². The molecule has 4 atom stereocenters. The molecule has 9 heteroatoms. The Kier molecular flexibility index (Phi) is 3.51. The van der Waals surface area contributed by atoms with Gasteiger partial charge in [0, 0.05) is 30.8 Å². The van der Waals surface area contributed by atoms with Crippen LogP contribution in [0.25, 0.3) is 0 Å². The molecule has 0 spiro atoms. The molecule has 5 rings (SSSR count). The number of aromatic nitrogens is 2. The highest BCUT2D eigenvalue weighted by molar-refractivity contribution is 5.87. The van der Waals surface area contributed by atoms with Crippen LogP contribution in [0.3, 0.4) is 0 Å². The molecule has 0 aromatic carbocycles. The molecule has 3 fully saturated rings. The van der Waals surface area contributed by atoms with Crippen LogP contribution in [0.15, 0.2) is 0 Å². The van der Waals surface area contributed by atoms with Crippen LogP contribution < -0.4 is 5.48 Å². The third-order valence-corrected chi connectivity index (χ3v) is 6.46. The molecule has 0 radical (unpaired) electrons. The number of fused-ring (bicyclic) bond motifs is 7. The fraction of sp³-hybridized carbons (Fsp3) is 0.706. The van der Waals surface area contributed by atoms with Crippen LogP contribution in [0.1, 0.15) is 60.9 Å². The second-order valence-corrected chi connectivity index (χ2v) is 7.86. The molecule has 9 nitrogen and oxygen atoms in total. The van der Waals surface area contributed by atoms with Crippen molar-refractivity contribution in [2.24, 2.45) is 7.05 Å². The molecule has 2 aliphatic carbocycles. The standard InChI is InChI=1S/C17H23N5O4/c1-20-15-10-3-2-9(6-10)14(15)12(18-20)8-26-19-16(23)13-5-4-11-7-21(13)17(24)22(11)25/h9-11,13,25H,2-8H2,1H3,(H,19,23)/t9?,10?,11-,13+/m1/s1. The minimum absolute atomic E-state index is 0.209. The van der Waals surface area contributed by atoms with Gasteiger partial charge in [0.1, 0.15) is 12.6 Å². The first kappa shape index (κ1) is 16.1. The van der Waals surface area contributed by atoms with E-state index in [0.29, 0.717) is 31.2 Å². The highest BCUT2D eigenvalue weighted by Gasteiger charge is 2.47. The van der Waals surface area contributed by atoms with Gasteiger partial charge in [-0.15, -0.1) is 0 Å². The topological polar surface area (TPSA) is 99.9 Å². The number of nitrogens with one attached hydrogen (secondary N) is 1. The van der Waals surface area contributed by atoms with E-state index >= 15 is 0 Å². The Balaban J connectivity index is 1.22. The molecule has 2 unspecified atom stereocenters. The Bertz CT molecular complexity index is 777. The van der Waals surface area contributed by atoms with E-state index < -0.39 is 12.1 Å². The van der Waals surface area contributed by atoms with Crippen LogP contribution >= 0.6 is 0 Å². The molecule has 2 N–H and O–H groups in total. The van der Waals surface area contributed by atoms with Crippen LogP contribution in [0, 0.1) is 0 Å². The van der Waals surface area contributed by atoms with E-state index in [2.05, 4.69) is 10.6 Å². The number of hydroxylamine groups is 3. The summed E-state index contributed by atoms with van der Waals surface area (Å²) < 4.78 is 1.96. The Hall–Kier alpha value is -2.13. The first-order valence-corrected chi connectivity index (χ1v) is 9.30. The summed E-state index contributed by atoms with van der Waals surface area (Å²) in [6.45, 7) is 0.609. The minimum Gasteiger partial charge on any atom is -0.309 e. The zero-order chi connectivity index (χ0) is 18.0. The number of rotatable bonds is 4. The van der Waals surface area contributed by atoms with Crippen molar-refractivity contribution in [3.05, 3.63) is 17.0 Å². The van der Waals surface area contributed by atoms with Gasteiger partial charge in [-0.1, -0.05) is 0 Å². The van der Waals surface area contributed by atoms with Crippen molar-refractivity contribution in [3.8, 4) is 0 Å². The van der Waals surface area contributed by atoms with E-state index in [-0.39, 0.29) is 18.6 Å². The van der Waals surface area contributed by atoms with E-state index in [1.807, 2.05) is 11.7 Å². The SMILES string of the molecule is Cn1nc(CONC(=O)[C@@H]2CC[C@@H]3CN2C(=O)N3O)c2c1C1CCC2C1. The fourth-order valence-corrected chi connectivity index (χ4v) is 5.31. The number of nitrogens with zero attached hydrogens (tertiary/aromatic N) is 4. The molecule has 4 bridgehead atoms. The Labute approximate surface area is 150 Å². The molecular weight excluding hydrogens is 338 g/mol. The summed E-state index contributed by atoms with van der Waals surface area (Å²) in [5, 5.41) is 15.0. The highest BCUT2D eigenvalue weighted by atomic mass is 16.7. The van der Waals surface area contributed by atoms with E-state index in [4.69, 9.17) is 4.84 Å². The third-order valence-electron chi connectivity index (χ3n) is 6.46. The number of aryl methyl sites for hydroxylation is 1. The second-order valence-electron chi connectivity index (χ2n) is 7.86. The summed E-state index contributed by atoms with van der Waals surface area (Å²) in [5.41, 5.74) is 6.02. The molecule has 26 heavy (non-hydrogen) atoms. The molecule has 2 saturated heterocycles. The van der Waals surface area contributed by atoms with Crippen LogP contribution in [0.4, 0.5) is 4.79 Å². The minimum atomic E-state index is -0.596. The van der Waals surface area contributed by atoms with Gasteiger partial charge in [0.15, 0.2) is 0 Å². The number of hydrogen-bond donors (Lipinski definition) is 2. The maximum Gasteiger partial charge on any atom is 0.344 e. The molecule has 3 heterocycles. The quantitative estimate of drug-likeness (QED) is 0.615. The lowest BCUT2D eigenvalue weighted by atomic mass is 9.96. The van der Waals surface area contributed by atoms with Gasteiger partial charge in [-0.3, -0.25) is 19.5 Å². The molecule has 140 valence electrons. The van der Waals surface area contributed by atoms with E-state index in [9.17, 15) is 14.8 Å². The monoisotopic (exact) mass is 361 g/mol. The van der Waals surface area contributed by atoms with Crippen LogP contribution in [0.2, 0.25) is 0 Å². The van der Waals surface area contributed by atoms with Crippen LogP contribution in [-0.4, -0.2) is 55.5 Å². The second kappa shape index (κ2) is 5.68. The molecule has 1 aromatic heterocycles. The summed E-state index contributed by atoms with van der Waals surface area (Å²) in [6, 6.07) is -1.31. The van der Waals surface area contributed by atoms with Gasteiger partial charge in [-0.05, 0) is 38.0 Å². The molecule has 1 saturated carbocycles. The summed E-state index contributed by atoms with van der Waals surface area (Å²) in [7, 11) is 1.97. The van der Waals surface area contributed by atoms with Gasteiger partial charge >= 0.3 is 6.03 Å². The van der Waals surface area contributed by atoms with Crippen LogP contribution in [-0.2, 0) is 23.3 Å². The lowest BCUT2D eigenvalue weighted by molar-refractivity contribution is -0.140. The van der Waals surface area contributed by atoms with Gasteiger partial charge in [0.2, 0.25) is 0 Å². The zero-order valence-corrected chi connectivity index (χ0v) is 14.7. The predicted octanol–water partition coefficient (Wildman–Crippen LogP) is 0.990. The van der Waals surface area contributed by atoms with Crippen molar-refractivity contribution in [2.45, 2.75) is 62.6 Å². The van der Waals surface area contributed by atoms with E-state index in [1.165, 1.54) is 35.4 Å². The third kappa shape index (κ3) is 2.20. The lowest BCUT2D eigenvalue weighted by Gasteiger charge is -2.28. The van der Waals surface area contributed by atoms with Crippen LogP contribution in [0.5, 0.6) is 0 Å². The average Bonchev–Trinajstić information content (AvgIpc) is 3.37. The predicted molar refractivity (Wildman–Crippen MR) is 88.0 cm³/mol. The normalized spacial score (nSPS) is 31.7. The number of urea groups is 1. The zero-order valence-electron chi connectivity index (χ0n) is 14.7. The molecule has 3 amide bonds. The van der Waals surface area contributed by atoms with Gasteiger partial charge in [0.05, 0.1) is 11.7 Å². The largest absolute Gasteiger partial charge is 0.344 e. The Morgan fingerprint density at radius 3 is 2.96 bits per heavy atom. The number of piperidine rings is 1. The molecule has 2 aliphatic heterocycles. The van der Waals surface area contributed by atoms with Gasteiger partial charge in [-0.2, -0.15) is 5.10 Å². The Morgan fingerprint density at radius 1 is 1.31 bits per heavy atom. The maximum atomic E-state index is 12.4. The van der Waals surface area contributed by atoms with Gasteiger partial charge < -0.3 is 4.90 Å². The highest BCUT2D eigenvalue weighted by Crippen LogP contribution is 2.53. The summed E-state index contributed by atoms with van der Waals surface area (Å²) in [6.07, 6.45) is 4.78. The van der Waals surface area contributed by atoms with Gasteiger partial charge in [0.25, 0.3) is 5.91 Å². The summed E-state index contributed by atoms with van der Waals surface area (Å²) in [4.78, 5) is 31.3. The van der Waals surface area contributed by atoms with Crippen molar-refractivity contribution in [1.82, 2.24) is 25.2 Å². The smallest absolute Gasteiger partial charge is 0.309 e. The lowest BCUT2D eigenvalue weighted by Crippen LogP contribution is -2.49. The van der Waals surface area contributed by atoms with Crippen molar-refractivity contribution in [1.29, 1.82) is 0 Å². The van der Waals surface area contributed by atoms with Gasteiger partial charge in [-0.25, -0.2) is 15.3 Å². The molecular formula is C17H23N5O4. The van der Waals surface area contributed by atoms with Crippen molar-refractivity contribution >= 4 is 11.9 Å².